The largest absolute Gasteiger partial charge is 0.497 e. The Kier molecular flexibility index (Phi) is 6.81. The van der Waals surface area contributed by atoms with Crippen molar-refractivity contribution in [2.24, 2.45) is 0 Å². The molecule has 1 aliphatic rings. The molecule has 0 bridgehead atoms. The summed E-state index contributed by atoms with van der Waals surface area (Å²) in [5, 5.41) is 2.85. The van der Waals surface area contributed by atoms with Gasteiger partial charge in [0.2, 0.25) is 5.91 Å². The molecule has 3 aromatic rings. The van der Waals surface area contributed by atoms with Crippen molar-refractivity contribution in [3.05, 3.63) is 89.5 Å². The number of rotatable bonds is 7. The number of para-hydroxylation sites is 1. The molecule has 0 aromatic heterocycles. The van der Waals surface area contributed by atoms with Gasteiger partial charge in [0.15, 0.2) is 0 Å². The summed E-state index contributed by atoms with van der Waals surface area (Å²) in [5.41, 5.74) is 4.49. The third-order valence-corrected chi connectivity index (χ3v) is 6.66. The first-order valence-electron chi connectivity index (χ1n) is 10.7. The predicted octanol–water partition coefficient (Wildman–Crippen LogP) is 5.68. The van der Waals surface area contributed by atoms with E-state index in [1.165, 1.54) is 5.56 Å². The fourth-order valence-corrected chi connectivity index (χ4v) is 5.00. The van der Waals surface area contributed by atoms with E-state index in [0.717, 1.165) is 24.1 Å². The molecule has 0 saturated carbocycles. The lowest BCUT2D eigenvalue weighted by atomic mass is 10.1. The van der Waals surface area contributed by atoms with Gasteiger partial charge in [-0.05, 0) is 60.0 Å². The minimum atomic E-state index is -0.180. The van der Waals surface area contributed by atoms with E-state index in [0.29, 0.717) is 22.8 Å². The number of ether oxygens (including phenoxy) is 1. The minimum absolute atomic E-state index is 0.0770. The molecule has 1 atom stereocenters. The maximum absolute atomic E-state index is 12.8. The molecular formula is C26H26N2O3S. The molecule has 3 aromatic carbocycles. The van der Waals surface area contributed by atoms with Gasteiger partial charge in [-0.1, -0.05) is 43.7 Å². The zero-order valence-electron chi connectivity index (χ0n) is 18.2. The number of hydrogen-bond acceptors (Lipinski definition) is 4. The van der Waals surface area contributed by atoms with Gasteiger partial charge in [-0.25, -0.2) is 0 Å². The smallest absolute Gasteiger partial charge is 0.255 e. The Labute approximate surface area is 192 Å². The van der Waals surface area contributed by atoms with Gasteiger partial charge in [-0.2, -0.15) is 0 Å². The number of methoxy groups -OCH3 is 1. The second kappa shape index (κ2) is 9.92. The Morgan fingerprint density at radius 3 is 2.47 bits per heavy atom. The van der Waals surface area contributed by atoms with Crippen LogP contribution in [-0.2, 0) is 11.2 Å². The summed E-state index contributed by atoms with van der Waals surface area (Å²) in [4.78, 5) is 27.2. The van der Waals surface area contributed by atoms with E-state index in [1.54, 1.807) is 43.1 Å². The van der Waals surface area contributed by atoms with E-state index in [9.17, 15) is 9.59 Å². The molecule has 5 nitrogen and oxygen atoms in total. The molecule has 0 aliphatic carbocycles. The first-order valence-corrected chi connectivity index (χ1v) is 11.7. The Morgan fingerprint density at radius 1 is 1.06 bits per heavy atom. The van der Waals surface area contributed by atoms with Crippen molar-refractivity contribution in [1.82, 2.24) is 0 Å². The zero-order valence-corrected chi connectivity index (χ0v) is 19.0. The second-order valence-electron chi connectivity index (χ2n) is 7.61. The Morgan fingerprint density at radius 2 is 1.78 bits per heavy atom. The van der Waals surface area contributed by atoms with Crippen molar-refractivity contribution in [2.75, 3.05) is 23.1 Å². The summed E-state index contributed by atoms with van der Waals surface area (Å²) in [7, 11) is 1.59. The van der Waals surface area contributed by atoms with Crippen LogP contribution < -0.4 is 15.0 Å². The highest BCUT2D eigenvalue weighted by Gasteiger charge is 2.34. The van der Waals surface area contributed by atoms with Crippen LogP contribution in [0.25, 0.3) is 0 Å². The van der Waals surface area contributed by atoms with Crippen LogP contribution in [-0.4, -0.2) is 24.7 Å². The molecule has 2 amide bonds. The SMILES string of the molecule is CCCc1ccccc1N1C(=O)CSC1c1ccc(NC(=O)c2ccc(OC)cc2)cc1. The van der Waals surface area contributed by atoms with Gasteiger partial charge in [0.05, 0.1) is 12.9 Å². The van der Waals surface area contributed by atoms with Crippen molar-refractivity contribution in [1.29, 1.82) is 0 Å². The van der Waals surface area contributed by atoms with Crippen LogP contribution in [0.4, 0.5) is 11.4 Å². The quantitative estimate of drug-likeness (QED) is 0.507. The number of carbonyl (C=O) groups excluding carboxylic acids is 2. The van der Waals surface area contributed by atoms with E-state index < -0.39 is 0 Å². The van der Waals surface area contributed by atoms with Crippen molar-refractivity contribution in [3.63, 3.8) is 0 Å². The lowest BCUT2D eigenvalue weighted by molar-refractivity contribution is -0.115. The maximum Gasteiger partial charge on any atom is 0.255 e. The van der Waals surface area contributed by atoms with Gasteiger partial charge in [-0.15, -0.1) is 11.8 Å². The number of carbonyl (C=O) groups is 2. The van der Waals surface area contributed by atoms with Gasteiger partial charge < -0.3 is 10.1 Å². The van der Waals surface area contributed by atoms with Crippen LogP contribution in [0.1, 0.15) is 40.2 Å². The Hall–Kier alpha value is -3.25. The lowest BCUT2D eigenvalue weighted by Crippen LogP contribution is -2.28. The van der Waals surface area contributed by atoms with E-state index in [-0.39, 0.29) is 17.2 Å². The van der Waals surface area contributed by atoms with Crippen LogP contribution >= 0.6 is 11.8 Å². The van der Waals surface area contributed by atoms with Crippen LogP contribution in [0.2, 0.25) is 0 Å². The first-order chi connectivity index (χ1) is 15.6. The van der Waals surface area contributed by atoms with Crippen LogP contribution in [0, 0.1) is 0 Å². The summed E-state index contributed by atoms with van der Waals surface area (Å²) in [6.07, 6.45) is 1.97. The van der Waals surface area contributed by atoms with Crippen molar-refractivity contribution in [2.45, 2.75) is 25.1 Å². The molecule has 1 fully saturated rings. The van der Waals surface area contributed by atoms with Crippen molar-refractivity contribution < 1.29 is 14.3 Å². The Bertz CT molecular complexity index is 1100. The molecular weight excluding hydrogens is 420 g/mol. The van der Waals surface area contributed by atoms with E-state index in [4.69, 9.17) is 4.74 Å². The number of anilines is 2. The molecule has 1 aliphatic heterocycles. The number of nitrogens with one attached hydrogen (secondary N) is 1. The topological polar surface area (TPSA) is 58.6 Å². The fraction of sp³-hybridized carbons (Fsp3) is 0.231. The highest BCUT2D eigenvalue weighted by atomic mass is 32.2. The van der Waals surface area contributed by atoms with E-state index >= 15 is 0 Å². The number of amides is 2. The summed E-state index contributed by atoms with van der Waals surface area (Å²) in [5.74, 6) is 1.11. The van der Waals surface area contributed by atoms with Crippen LogP contribution in [0.15, 0.2) is 72.8 Å². The summed E-state index contributed by atoms with van der Waals surface area (Å²) in [6.45, 7) is 2.15. The number of thioether (sulfide) groups is 1. The number of nitrogens with zero attached hydrogens (tertiary/aromatic N) is 1. The average Bonchev–Trinajstić information content (AvgIpc) is 3.21. The second-order valence-corrected chi connectivity index (χ2v) is 8.68. The van der Waals surface area contributed by atoms with E-state index in [1.807, 2.05) is 47.4 Å². The van der Waals surface area contributed by atoms with Gasteiger partial charge in [0.1, 0.15) is 11.1 Å². The number of hydrogen-bond donors (Lipinski definition) is 1. The maximum atomic E-state index is 12.8. The van der Waals surface area contributed by atoms with Crippen molar-refractivity contribution >= 4 is 35.0 Å². The standard InChI is InChI=1S/C26H26N2O3S/c1-3-6-18-7-4-5-8-23(18)28-24(29)17-32-26(28)20-9-13-21(14-10-20)27-25(30)19-11-15-22(31-2)16-12-19/h4-5,7-16,26H,3,6,17H2,1-2H3,(H,27,30). The molecule has 1 saturated heterocycles. The predicted molar refractivity (Wildman–Crippen MR) is 131 cm³/mol. The molecule has 1 unspecified atom stereocenters. The average molecular weight is 447 g/mol. The molecule has 0 spiro atoms. The summed E-state index contributed by atoms with van der Waals surface area (Å²) >= 11 is 1.63. The van der Waals surface area contributed by atoms with Gasteiger partial charge >= 0.3 is 0 Å². The van der Waals surface area contributed by atoms with Gasteiger partial charge in [0, 0.05) is 16.9 Å². The monoisotopic (exact) mass is 446 g/mol. The summed E-state index contributed by atoms with van der Waals surface area (Å²) < 4.78 is 5.14. The fourth-order valence-electron chi connectivity index (χ4n) is 3.83. The van der Waals surface area contributed by atoms with Crippen LogP contribution in [0.3, 0.4) is 0 Å². The summed E-state index contributed by atoms with van der Waals surface area (Å²) in [6, 6.07) is 22.9. The van der Waals surface area contributed by atoms with Crippen molar-refractivity contribution in [3.8, 4) is 5.75 Å². The normalized spacial score (nSPS) is 15.6. The molecule has 0 radical (unpaired) electrons. The highest BCUT2D eigenvalue weighted by molar-refractivity contribution is 8.00. The van der Waals surface area contributed by atoms with E-state index in [2.05, 4.69) is 18.3 Å². The molecule has 1 N–H and O–H groups in total. The number of aryl methyl sites for hydroxylation is 1. The van der Waals surface area contributed by atoms with Gasteiger partial charge in [0.25, 0.3) is 5.91 Å². The lowest BCUT2D eigenvalue weighted by Gasteiger charge is -2.26. The molecule has 1 heterocycles. The molecule has 4 rings (SSSR count). The zero-order chi connectivity index (χ0) is 22.5. The molecule has 6 heteroatoms. The van der Waals surface area contributed by atoms with Crippen LogP contribution in [0.5, 0.6) is 5.75 Å². The first kappa shape index (κ1) is 22.0. The number of benzene rings is 3. The minimum Gasteiger partial charge on any atom is -0.497 e. The molecule has 164 valence electrons. The third-order valence-electron chi connectivity index (χ3n) is 5.44. The Balaban J connectivity index is 1.51. The highest BCUT2D eigenvalue weighted by Crippen LogP contribution is 2.43. The third kappa shape index (κ3) is 4.65. The molecule has 32 heavy (non-hydrogen) atoms. The van der Waals surface area contributed by atoms with Gasteiger partial charge in [-0.3, -0.25) is 14.5 Å².